The maximum absolute atomic E-state index is 15.9. The van der Waals surface area contributed by atoms with Crippen LogP contribution in [0.4, 0.5) is 13.6 Å². The van der Waals surface area contributed by atoms with Crippen LogP contribution in [0.15, 0.2) is 60.7 Å². The molecule has 0 aromatic heterocycles. The lowest BCUT2D eigenvalue weighted by atomic mass is 9.97. The molecule has 3 rings (SSSR count). The van der Waals surface area contributed by atoms with Crippen molar-refractivity contribution in [1.82, 2.24) is 5.32 Å². The van der Waals surface area contributed by atoms with Gasteiger partial charge in [0.1, 0.15) is 48.4 Å². The number of carbonyl (C=O) groups excluding carboxylic acids is 2. The van der Waals surface area contributed by atoms with Crippen LogP contribution in [0.25, 0.3) is 11.1 Å². The summed E-state index contributed by atoms with van der Waals surface area (Å²) in [6.45, 7) is 11.5. The normalized spacial score (nSPS) is 12.3. The van der Waals surface area contributed by atoms with Gasteiger partial charge in [-0.2, -0.15) is 0 Å². The Morgan fingerprint density at radius 2 is 1.58 bits per heavy atom. The molecule has 0 spiro atoms. The molecule has 1 amide bonds. The zero-order valence-corrected chi connectivity index (χ0v) is 25.9. The first-order valence-electron chi connectivity index (χ1n) is 14.2. The molecule has 0 fully saturated rings. The number of esters is 1. The first-order valence-corrected chi connectivity index (χ1v) is 14.2. The van der Waals surface area contributed by atoms with E-state index in [4.69, 9.17) is 18.9 Å². The average Bonchev–Trinajstić information content (AvgIpc) is 2.89. The molecular formula is C34H41F2NO6. The number of hydrogen-bond acceptors (Lipinski definition) is 6. The van der Waals surface area contributed by atoms with E-state index < -0.39 is 35.8 Å². The highest BCUT2D eigenvalue weighted by Gasteiger charge is 2.22. The third kappa shape index (κ3) is 10.6. The smallest absolute Gasteiger partial charge is 0.408 e. The molecule has 0 saturated carbocycles. The van der Waals surface area contributed by atoms with Crippen LogP contribution < -0.4 is 14.8 Å². The predicted octanol–water partition coefficient (Wildman–Crippen LogP) is 7.89. The SMILES string of the molecule is CC(NC(=O)OC(C)(C)C)c1cccc(-c2cc(COc3ccccc3CC(=O)OC(C)(C)C)cc(OCCF)c2)c1F. The van der Waals surface area contributed by atoms with Gasteiger partial charge in [-0.1, -0.05) is 36.4 Å². The summed E-state index contributed by atoms with van der Waals surface area (Å²) < 4.78 is 51.2. The average molecular weight is 598 g/mol. The largest absolute Gasteiger partial charge is 0.491 e. The molecule has 0 aliphatic carbocycles. The van der Waals surface area contributed by atoms with Crippen LogP contribution in [0.1, 0.15) is 71.2 Å². The van der Waals surface area contributed by atoms with Gasteiger partial charge in [-0.25, -0.2) is 13.6 Å². The molecule has 0 bridgehead atoms. The number of benzene rings is 3. The van der Waals surface area contributed by atoms with Gasteiger partial charge in [-0.3, -0.25) is 4.79 Å². The van der Waals surface area contributed by atoms with Gasteiger partial charge in [-0.15, -0.1) is 0 Å². The quantitative estimate of drug-likeness (QED) is 0.226. The first-order chi connectivity index (χ1) is 20.1. The van der Waals surface area contributed by atoms with Crippen molar-refractivity contribution in [2.75, 3.05) is 13.3 Å². The maximum atomic E-state index is 15.9. The van der Waals surface area contributed by atoms with Gasteiger partial charge >= 0.3 is 12.1 Å². The van der Waals surface area contributed by atoms with Crippen LogP contribution >= 0.6 is 0 Å². The molecule has 0 aliphatic heterocycles. The molecule has 43 heavy (non-hydrogen) atoms. The Morgan fingerprint density at radius 1 is 0.884 bits per heavy atom. The molecule has 232 valence electrons. The number of ether oxygens (including phenoxy) is 4. The zero-order chi connectivity index (χ0) is 31.8. The van der Waals surface area contributed by atoms with Crippen LogP contribution in [-0.2, 0) is 27.3 Å². The second-order valence-corrected chi connectivity index (χ2v) is 12.1. The van der Waals surface area contributed by atoms with E-state index in [1.165, 1.54) is 0 Å². The van der Waals surface area contributed by atoms with Crippen molar-refractivity contribution in [3.63, 3.8) is 0 Å². The number of para-hydroxylation sites is 1. The molecule has 7 nitrogen and oxygen atoms in total. The molecule has 0 saturated heterocycles. The minimum atomic E-state index is -0.695. The minimum absolute atomic E-state index is 0.0336. The van der Waals surface area contributed by atoms with E-state index in [2.05, 4.69) is 5.32 Å². The highest BCUT2D eigenvalue weighted by molar-refractivity contribution is 5.74. The van der Waals surface area contributed by atoms with Crippen molar-refractivity contribution in [2.45, 2.75) is 78.7 Å². The van der Waals surface area contributed by atoms with Crippen molar-refractivity contribution >= 4 is 12.1 Å². The number of hydrogen-bond donors (Lipinski definition) is 1. The summed E-state index contributed by atoms with van der Waals surface area (Å²) in [5.74, 6) is -0.0535. The molecule has 1 unspecified atom stereocenters. The molecule has 9 heteroatoms. The van der Waals surface area contributed by atoms with E-state index in [1.807, 2.05) is 6.07 Å². The third-order valence-corrected chi connectivity index (χ3v) is 5.97. The van der Waals surface area contributed by atoms with Gasteiger partial charge < -0.3 is 24.3 Å². The lowest BCUT2D eigenvalue weighted by molar-refractivity contribution is -0.153. The summed E-state index contributed by atoms with van der Waals surface area (Å²) in [5, 5.41) is 2.67. The van der Waals surface area contributed by atoms with Crippen molar-refractivity contribution in [3.8, 4) is 22.6 Å². The Labute approximate surface area is 252 Å². The van der Waals surface area contributed by atoms with Crippen molar-refractivity contribution < 1.29 is 37.3 Å². The van der Waals surface area contributed by atoms with Gasteiger partial charge in [0.05, 0.1) is 12.5 Å². The monoisotopic (exact) mass is 597 g/mol. The van der Waals surface area contributed by atoms with E-state index in [0.29, 0.717) is 28.2 Å². The molecule has 3 aromatic carbocycles. The lowest BCUT2D eigenvalue weighted by Crippen LogP contribution is -2.34. The van der Waals surface area contributed by atoms with Crippen molar-refractivity contribution in [3.05, 3.63) is 83.2 Å². The Kier molecular flexibility index (Phi) is 11.1. The van der Waals surface area contributed by atoms with Gasteiger partial charge in [0, 0.05) is 16.7 Å². The maximum Gasteiger partial charge on any atom is 0.408 e. The topological polar surface area (TPSA) is 83.1 Å². The number of rotatable bonds is 11. The molecule has 1 atom stereocenters. The molecule has 1 N–H and O–H groups in total. The highest BCUT2D eigenvalue weighted by Crippen LogP contribution is 2.32. The molecule has 0 aliphatic rings. The number of halogens is 2. The summed E-state index contributed by atoms with van der Waals surface area (Å²) in [6, 6.07) is 16.5. The fraction of sp³-hybridized carbons (Fsp3) is 0.412. The number of amides is 1. The van der Waals surface area contributed by atoms with Crippen molar-refractivity contribution in [2.24, 2.45) is 0 Å². The summed E-state index contributed by atoms with van der Waals surface area (Å²) in [7, 11) is 0. The van der Waals surface area contributed by atoms with Crippen LogP contribution in [0, 0.1) is 5.82 Å². The first kappa shape index (κ1) is 33.4. The highest BCUT2D eigenvalue weighted by atomic mass is 19.1. The van der Waals surface area contributed by atoms with Crippen LogP contribution in [0.5, 0.6) is 11.5 Å². The van der Waals surface area contributed by atoms with Crippen LogP contribution in [-0.4, -0.2) is 36.5 Å². The van der Waals surface area contributed by atoms with Crippen LogP contribution in [0.2, 0.25) is 0 Å². The summed E-state index contributed by atoms with van der Waals surface area (Å²) in [5.41, 5.74) is 1.02. The summed E-state index contributed by atoms with van der Waals surface area (Å²) >= 11 is 0. The van der Waals surface area contributed by atoms with E-state index in [9.17, 15) is 14.0 Å². The Hall–Kier alpha value is -4.14. The Bertz CT molecular complexity index is 1410. The molecule has 0 radical (unpaired) electrons. The summed E-state index contributed by atoms with van der Waals surface area (Å²) in [6.07, 6.45) is -0.621. The number of carbonyl (C=O) groups is 2. The molecular weight excluding hydrogens is 556 g/mol. The summed E-state index contributed by atoms with van der Waals surface area (Å²) in [4.78, 5) is 24.7. The standard InChI is InChI=1S/C34H41F2NO6/c1-22(37-32(39)43-34(5,6)7)27-12-10-13-28(31(27)36)25-17-23(18-26(19-25)40-16-15-35)21-41-29-14-9-8-11-24(29)20-30(38)42-33(2,3)4/h8-14,17-19,22H,15-16,20-21H2,1-7H3,(H,37,39). The van der Waals surface area contributed by atoms with E-state index in [0.717, 1.165) is 0 Å². The number of alkyl carbamates (subject to hydrolysis) is 1. The fourth-order valence-electron chi connectivity index (χ4n) is 4.29. The van der Waals surface area contributed by atoms with E-state index in [1.54, 1.807) is 103 Å². The fourth-order valence-corrected chi connectivity index (χ4v) is 4.29. The van der Waals surface area contributed by atoms with Gasteiger partial charge in [0.25, 0.3) is 0 Å². The van der Waals surface area contributed by atoms with Crippen LogP contribution in [0.3, 0.4) is 0 Å². The lowest BCUT2D eigenvalue weighted by Gasteiger charge is -2.22. The zero-order valence-electron chi connectivity index (χ0n) is 25.9. The van der Waals surface area contributed by atoms with Crippen molar-refractivity contribution in [1.29, 1.82) is 0 Å². The van der Waals surface area contributed by atoms with E-state index >= 15 is 4.39 Å². The number of alkyl halides is 1. The molecule has 3 aromatic rings. The molecule has 0 heterocycles. The predicted molar refractivity (Wildman–Crippen MR) is 161 cm³/mol. The Morgan fingerprint density at radius 3 is 2.26 bits per heavy atom. The second kappa shape index (κ2) is 14.4. The minimum Gasteiger partial charge on any atom is -0.491 e. The van der Waals surface area contributed by atoms with Gasteiger partial charge in [-0.05, 0) is 83.9 Å². The Balaban J connectivity index is 1.88. The van der Waals surface area contributed by atoms with E-state index in [-0.39, 0.29) is 36.7 Å². The number of nitrogens with one attached hydrogen (secondary N) is 1. The second-order valence-electron chi connectivity index (χ2n) is 12.1. The van der Waals surface area contributed by atoms with Gasteiger partial charge in [0.15, 0.2) is 0 Å². The third-order valence-electron chi connectivity index (χ3n) is 5.97. The van der Waals surface area contributed by atoms with Gasteiger partial charge in [0.2, 0.25) is 0 Å².